The van der Waals surface area contributed by atoms with Crippen molar-refractivity contribution >= 4 is 33.5 Å². The minimum atomic E-state index is -3.34. The second-order valence-electron chi connectivity index (χ2n) is 7.27. The van der Waals surface area contributed by atoms with E-state index in [0.717, 1.165) is 4.57 Å². The van der Waals surface area contributed by atoms with Crippen molar-refractivity contribution in [1.82, 2.24) is 14.8 Å². The zero-order valence-electron chi connectivity index (χ0n) is 16.9. The molecule has 1 aromatic heterocycles. The van der Waals surface area contributed by atoms with Gasteiger partial charge >= 0.3 is 11.9 Å². The largest absolute Gasteiger partial charge is 0.496 e. The molecular weight excluding hydrogens is 512 g/mol. The standard InChI is InChI=1S/C21H17BrClF2N3O4/c1-21(24,25)20-27-26-19-15(9-16(29)30)32-18(11-4-3-5-14(31-2)17(11)22)12-8-10(23)6-7-13(12)28(19)20/h3-8,15,18H,9H2,1-2H3,(H,29,30)/t15-,18-/m1/s1. The van der Waals surface area contributed by atoms with Gasteiger partial charge in [0.25, 0.3) is 0 Å². The topological polar surface area (TPSA) is 86.5 Å². The highest BCUT2D eigenvalue weighted by atomic mass is 79.9. The van der Waals surface area contributed by atoms with Crippen LogP contribution >= 0.6 is 27.5 Å². The third kappa shape index (κ3) is 3.98. The van der Waals surface area contributed by atoms with E-state index in [-0.39, 0.29) is 5.82 Å². The van der Waals surface area contributed by atoms with Crippen molar-refractivity contribution in [3.8, 4) is 11.4 Å². The number of fused-ring (bicyclic) bond motifs is 3. The number of carbonyl (C=O) groups is 1. The number of methoxy groups -OCH3 is 1. The van der Waals surface area contributed by atoms with E-state index in [2.05, 4.69) is 26.1 Å². The summed E-state index contributed by atoms with van der Waals surface area (Å²) in [7, 11) is 1.51. The summed E-state index contributed by atoms with van der Waals surface area (Å²) in [6.07, 6.45) is -2.53. The molecule has 3 aromatic rings. The summed E-state index contributed by atoms with van der Waals surface area (Å²) in [6, 6.07) is 9.96. The predicted octanol–water partition coefficient (Wildman–Crippen LogP) is 5.44. The number of halogens is 4. The lowest BCUT2D eigenvalue weighted by molar-refractivity contribution is -0.141. The zero-order chi connectivity index (χ0) is 23.2. The van der Waals surface area contributed by atoms with Crippen LogP contribution in [0.3, 0.4) is 0 Å². The minimum Gasteiger partial charge on any atom is -0.496 e. The van der Waals surface area contributed by atoms with Crippen molar-refractivity contribution < 1.29 is 28.2 Å². The smallest absolute Gasteiger partial charge is 0.306 e. The molecule has 168 valence electrons. The third-order valence-electron chi connectivity index (χ3n) is 5.04. The van der Waals surface area contributed by atoms with E-state index < -0.39 is 36.3 Å². The molecule has 0 aliphatic carbocycles. The molecule has 4 rings (SSSR count). The summed E-state index contributed by atoms with van der Waals surface area (Å²) in [6.45, 7) is 0.702. The van der Waals surface area contributed by atoms with Crippen molar-refractivity contribution in [2.75, 3.05) is 7.11 Å². The number of hydrogen-bond donors (Lipinski definition) is 1. The fourth-order valence-corrected chi connectivity index (χ4v) is 4.51. The average Bonchev–Trinajstić information content (AvgIpc) is 3.12. The summed E-state index contributed by atoms with van der Waals surface area (Å²) < 4.78 is 42.2. The molecule has 7 nitrogen and oxygen atoms in total. The normalized spacial score (nSPS) is 17.9. The number of nitrogens with zero attached hydrogens (tertiary/aromatic N) is 3. The summed E-state index contributed by atoms with van der Waals surface area (Å²) in [5.41, 5.74) is 1.37. The fourth-order valence-electron chi connectivity index (χ4n) is 3.69. The highest BCUT2D eigenvalue weighted by molar-refractivity contribution is 9.10. The summed E-state index contributed by atoms with van der Waals surface area (Å²) in [4.78, 5) is 11.6. The Morgan fingerprint density at radius 2 is 2.06 bits per heavy atom. The molecule has 0 saturated carbocycles. The molecule has 0 fully saturated rings. The molecule has 2 heterocycles. The first-order chi connectivity index (χ1) is 15.1. The number of benzene rings is 2. The maximum atomic E-state index is 14.4. The van der Waals surface area contributed by atoms with E-state index in [4.69, 9.17) is 21.1 Å². The van der Waals surface area contributed by atoms with Crippen LogP contribution in [0.5, 0.6) is 5.75 Å². The van der Waals surface area contributed by atoms with E-state index in [9.17, 15) is 18.7 Å². The predicted molar refractivity (Wildman–Crippen MR) is 115 cm³/mol. The number of aliphatic carboxylic acids is 1. The number of carboxylic acid groups (broad SMARTS) is 1. The van der Waals surface area contributed by atoms with Crippen LogP contribution in [0.2, 0.25) is 5.02 Å². The number of aromatic nitrogens is 3. The lowest BCUT2D eigenvalue weighted by atomic mass is 9.99. The quantitative estimate of drug-likeness (QED) is 0.475. The van der Waals surface area contributed by atoms with E-state index >= 15 is 0 Å². The van der Waals surface area contributed by atoms with Crippen LogP contribution in [0.15, 0.2) is 40.9 Å². The Hall–Kier alpha value is -2.56. The van der Waals surface area contributed by atoms with Gasteiger partial charge in [0.05, 0.1) is 23.7 Å². The molecule has 2 atom stereocenters. The monoisotopic (exact) mass is 527 g/mol. The molecule has 2 aromatic carbocycles. The van der Waals surface area contributed by atoms with Gasteiger partial charge in [-0.05, 0) is 40.2 Å². The van der Waals surface area contributed by atoms with Crippen LogP contribution < -0.4 is 4.74 Å². The van der Waals surface area contributed by atoms with Crippen molar-refractivity contribution in [3.63, 3.8) is 0 Å². The number of ether oxygens (including phenoxy) is 2. The number of rotatable bonds is 5. The Labute approximate surface area is 195 Å². The van der Waals surface area contributed by atoms with Crippen LogP contribution in [0.25, 0.3) is 5.69 Å². The van der Waals surface area contributed by atoms with Gasteiger partial charge in [-0.3, -0.25) is 9.36 Å². The van der Waals surface area contributed by atoms with Gasteiger partial charge in [-0.25, -0.2) is 0 Å². The Morgan fingerprint density at radius 1 is 1.31 bits per heavy atom. The van der Waals surface area contributed by atoms with Gasteiger partial charge in [-0.15, -0.1) is 10.2 Å². The van der Waals surface area contributed by atoms with Gasteiger partial charge in [-0.2, -0.15) is 8.78 Å². The highest BCUT2D eigenvalue weighted by Crippen LogP contribution is 2.46. The third-order valence-corrected chi connectivity index (χ3v) is 6.12. The minimum absolute atomic E-state index is 0.0333. The Balaban J connectivity index is 2.03. The second kappa shape index (κ2) is 8.42. The molecule has 1 N–H and O–H groups in total. The SMILES string of the molecule is COc1cccc([C@H]2O[C@H](CC(=O)O)c3nnc(C(C)(F)F)n3-c3ccc(Cl)cc32)c1Br. The summed E-state index contributed by atoms with van der Waals surface area (Å²) in [5, 5.41) is 17.4. The highest BCUT2D eigenvalue weighted by Gasteiger charge is 2.40. The van der Waals surface area contributed by atoms with Crippen molar-refractivity contribution in [2.24, 2.45) is 0 Å². The molecular formula is C21H17BrClF2N3O4. The first kappa shape index (κ1) is 22.6. The van der Waals surface area contributed by atoms with Crippen LogP contribution in [-0.2, 0) is 15.5 Å². The molecule has 0 saturated heterocycles. The first-order valence-electron chi connectivity index (χ1n) is 9.45. The maximum Gasteiger partial charge on any atom is 0.306 e. The Kier molecular flexibility index (Phi) is 5.95. The van der Waals surface area contributed by atoms with E-state index in [1.54, 1.807) is 36.4 Å². The molecule has 0 radical (unpaired) electrons. The van der Waals surface area contributed by atoms with E-state index in [0.29, 0.717) is 39.0 Å². The molecule has 0 bridgehead atoms. The van der Waals surface area contributed by atoms with Gasteiger partial charge in [-0.1, -0.05) is 23.7 Å². The summed E-state index contributed by atoms with van der Waals surface area (Å²) >= 11 is 9.76. The van der Waals surface area contributed by atoms with Crippen molar-refractivity contribution in [3.05, 3.63) is 68.7 Å². The van der Waals surface area contributed by atoms with Crippen LogP contribution in [0.1, 0.15) is 48.3 Å². The zero-order valence-corrected chi connectivity index (χ0v) is 19.2. The van der Waals surface area contributed by atoms with Gasteiger partial charge in [0, 0.05) is 23.1 Å². The molecule has 32 heavy (non-hydrogen) atoms. The number of carboxylic acids is 1. The molecule has 0 spiro atoms. The number of hydrogen-bond acceptors (Lipinski definition) is 5. The molecule has 0 amide bonds. The Morgan fingerprint density at radius 3 is 2.72 bits per heavy atom. The lowest BCUT2D eigenvalue weighted by Crippen LogP contribution is -2.18. The fraction of sp³-hybridized carbons (Fsp3) is 0.286. The van der Waals surface area contributed by atoms with Crippen LogP contribution in [-0.4, -0.2) is 33.0 Å². The molecule has 11 heteroatoms. The molecule has 1 aliphatic heterocycles. The van der Waals surface area contributed by atoms with Crippen molar-refractivity contribution in [2.45, 2.75) is 31.5 Å². The van der Waals surface area contributed by atoms with Crippen LogP contribution in [0, 0.1) is 0 Å². The van der Waals surface area contributed by atoms with Gasteiger partial charge in [0.2, 0.25) is 5.82 Å². The molecule has 0 unspecified atom stereocenters. The average molecular weight is 529 g/mol. The first-order valence-corrected chi connectivity index (χ1v) is 10.6. The number of alkyl halides is 2. The molecule has 1 aliphatic rings. The van der Waals surface area contributed by atoms with E-state index in [1.807, 2.05) is 0 Å². The van der Waals surface area contributed by atoms with Gasteiger partial charge < -0.3 is 14.6 Å². The lowest BCUT2D eigenvalue weighted by Gasteiger charge is -2.23. The summed E-state index contributed by atoms with van der Waals surface area (Å²) in [5.74, 6) is -4.66. The second-order valence-corrected chi connectivity index (χ2v) is 8.50. The Bertz CT molecular complexity index is 1200. The van der Waals surface area contributed by atoms with Crippen molar-refractivity contribution in [1.29, 1.82) is 0 Å². The van der Waals surface area contributed by atoms with Crippen LogP contribution in [0.4, 0.5) is 8.78 Å². The van der Waals surface area contributed by atoms with Gasteiger partial charge in [0.15, 0.2) is 5.82 Å². The maximum absolute atomic E-state index is 14.4. The van der Waals surface area contributed by atoms with Gasteiger partial charge in [0.1, 0.15) is 18.0 Å². The van der Waals surface area contributed by atoms with E-state index in [1.165, 1.54) is 7.11 Å².